The van der Waals surface area contributed by atoms with Gasteiger partial charge in [0.1, 0.15) is 10.7 Å². The molecule has 0 aliphatic heterocycles. The van der Waals surface area contributed by atoms with E-state index in [1.165, 1.54) is 19.3 Å². The zero-order valence-electron chi connectivity index (χ0n) is 14.8. The number of ether oxygens (including phenoxy) is 2. The van der Waals surface area contributed by atoms with Gasteiger partial charge in [0.15, 0.2) is 11.5 Å². The maximum atomic E-state index is 5.37. The van der Waals surface area contributed by atoms with Crippen LogP contribution in [0.1, 0.15) is 36.0 Å². The summed E-state index contributed by atoms with van der Waals surface area (Å²) in [5.41, 5.74) is 2.77. The first kappa shape index (κ1) is 16.8. The molecule has 2 aromatic heterocycles. The maximum Gasteiger partial charge on any atom is 0.161 e. The molecule has 0 unspecified atom stereocenters. The van der Waals surface area contributed by atoms with Crippen molar-refractivity contribution in [1.29, 1.82) is 0 Å². The number of methoxy groups -OCH3 is 2. The van der Waals surface area contributed by atoms with Crippen LogP contribution in [0, 0.1) is 0 Å². The van der Waals surface area contributed by atoms with Gasteiger partial charge in [0.25, 0.3) is 0 Å². The van der Waals surface area contributed by atoms with Gasteiger partial charge in [-0.05, 0) is 49.6 Å². The Morgan fingerprint density at radius 3 is 2.73 bits per heavy atom. The molecule has 1 aliphatic carbocycles. The van der Waals surface area contributed by atoms with E-state index < -0.39 is 0 Å². The summed E-state index contributed by atoms with van der Waals surface area (Å²) >= 11 is 1.59. The van der Waals surface area contributed by atoms with Crippen molar-refractivity contribution < 1.29 is 9.47 Å². The molecule has 0 radical (unpaired) electrons. The number of nitrogens with zero attached hydrogens (tertiary/aromatic N) is 4. The molecule has 26 heavy (non-hydrogen) atoms. The summed E-state index contributed by atoms with van der Waals surface area (Å²) in [4.78, 5) is 4.68. The Labute approximate surface area is 156 Å². The van der Waals surface area contributed by atoms with Crippen LogP contribution >= 0.6 is 11.3 Å². The minimum absolute atomic E-state index is 0.529. The van der Waals surface area contributed by atoms with Crippen LogP contribution in [0.25, 0.3) is 23.4 Å². The molecule has 2 heterocycles. The Balaban J connectivity index is 1.50. The van der Waals surface area contributed by atoms with Crippen molar-refractivity contribution in [3.8, 4) is 22.8 Å². The van der Waals surface area contributed by atoms with Crippen LogP contribution in [-0.2, 0) is 0 Å². The molecular formula is C19H20N4O2S. The standard InChI is InChI=1S/C19H20N4O2S/c1-24-17-8-6-13(10-18(17)25-2)16-12-26-19(20-16)9-7-14-11-23(22-21-14)15-4-3-5-15/h6-12,15H,3-5H2,1-2H3/b9-7+. The summed E-state index contributed by atoms with van der Waals surface area (Å²) in [6.07, 6.45) is 9.63. The summed E-state index contributed by atoms with van der Waals surface area (Å²) in [7, 11) is 3.26. The molecule has 0 amide bonds. The van der Waals surface area contributed by atoms with Crippen molar-refractivity contribution >= 4 is 23.5 Å². The Bertz CT molecular complexity index is 927. The number of aromatic nitrogens is 4. The molecule has 0 atom stereocenters. The Kier molecular flexibility index (Phi) is 4.71. The molecule has 134 valence electrons. The first-order valence-electron chi connectivity index (χ1n) is 8.54. The van der Waals surface area contributed by atoms with Crippen LogP contribution in [0.5, 0.6) is 11.5 Å². The lowest BCUT2D eigenvalue weighted by Gasteiger charge is -2.24. The van der Waals surface area contributed by atoms with Gasteiger partial charge in [0.05, 0.1) is 32.2 Å². The second-order valence-corrected chi connectivity index (χ2v) is 7.07. The zero-order chi connectivity index (χ0) is 17.9. The van der Waals surface area contributed by atoms with Gasteiger partial charge in [-0.15, -0.1) is 16.4 Å². The highest BCUT2D eigenvalue weighted by Gasteiger charge is 2.20. The largest absolute Gasteiger partial charge is 0.493 e. The van der Waals surface area contributed by atoms with Crippen LogP contribution in [0.3, 0.4) is 0 Å². The molecular weight excluding hydrogens is 348 g/mol. The third-order valence-electron chi connectivity index (χ3n) is 4.57. The molecule has 1 aromatic carbocycles. The molecule has 6 nitrogen and oxygen atoms in total. The van der Waals surface area contributed by atoms with Crippen molar-refractivity contribution in [3.05, 3.63) is 40.5 Å². The highest BCUT2D eigenvalue weighted by Crippen LogP contribution is 2.33. The minimum atomic E-state index is 0.529. The first-order valence-corrected chi connectivity index (χ1v) is 9.42. The van der Waals surface area contributed by atoms with E-state index in [1.54, 1.807) is 25.6 Å². The fourth-order valence-electron chi connectivity index (χ4n) is 2.85. The molecule has 0 bridgehead atoms. The lowest BCUT2D eigenvalue weighted by molar-refractivity contribution is 0.284. The number of rotatable bonds is 6. The first-order chi connectivity index (χ1) is 12.8. The zero-order valence-corrected chi connectivity index (χ0v) is 15.6. The summed E-state index contributed by atoms with van der Waals surface area (Å²) in [5.74, 6) is 1.41. The van der Waals surface area contributed by atoms with Gasteiger partial charge in [-0.1, -0.05) is 5.21 Å². The molecule has 0 saturated heterocycles. The van der Waals surface area contributed by atoms with E-state index in [2.05, 4.69) is 15.3 Å². The second-order valence-electron chi connectivity index (χ2n) is 6.18. The predicted molar refractivity (Wildman–Crippen MR) is 102 cm³/mol. The molecule has 3 aromatic rings. The normalized spacial score (nSPS) is 14.5. The van der Waals surface area contributed by atoms with Gasteiger partial charge in [-0.2, -0.15) is 0 Å². The van der Waals surface area contributed by atoms with E-state index in [9.17, 15) is 0 Å². The van der Waals surface area contributed by atoms with E-state index in [1.807, 2.05) is 46.6 Å². The van der Waals surface area contributed by atoms with Gasteiger partial charge in [0.2, 0.25) is 0 Å². The number of benzene rings is 1. The van der Waals surface area contributed by atoms with Crippen molar-refractivity contribution in [2.45, 2.75) is 25.3 Å². The molecule has 7 heteroatoms. The highest BCUT2D eigenvalue weighted by atomic mass is 32.1. The van der Waals surface area contributed by atoms with Crippen LogP contribution < -0.4 is 9.47 Å². The fraction of sp³-hybridized carbons (Fsp3) is 0.316. The van der Waals surface area contributed by atoms with Crippen molar-refractivity contribution in [2.24, 2.45) is 0 Å². The van der Waals surface area contributed by atoms with Crippen molar-refractivity contribution in [1.82, 2.24) is 20.0 Å². The molecule has 0 spiro atoms. The van der Waals surface area contributed by atoms with E-state index in [4.69, 9.17) is 9.47 Å². The monoisotopic (exact) mass is 368 g/mol. The second kappa shape index (κ2) is 7.29. The molecule has 1 aliphatic rings. The molecule has 4 rings (SSSR count). The fourth-order valence-corrected chi connectivity index (χ4v) is 3.56. The summed E-state index contributed by atoms with van der Waals surface area (Å²) < 4.78 is 12.6. The lowest BCUT2D eigenvalue weighted by Crippen LogP contribution is -2.17. The van der Waals surface area contributed by atoms with Crippen molar-refractivity contribution in [2.75, 3.05) is 14.2 Å². The van der Waals surface area contributed by atoms with Gasteiger partial charge in [0, 0.05) is 10.9 Å². The summed E-state index contributed by atoms with van der Waals surface area (Å²) in [6.45, 7) is 0. The Hall–Kier alpha value is -2.67. The van der Waals surface area contributed by atoms with Crippen molar-refractivity contribution in [3.63, 3.8) is 0 Å². The third-order valence-corrected chi connectivity index (χ3v) is 5.38. The third kappa shape index (κ3) is 3.35. The topological polar surface area (TPSA) is 62.1 Å². The van der Waals surface area contributed by atoms with Crippen LogP contribution in [0.4, 0.5) is 0 Å². The molecule has 1 fully saturated rings. The van der Waals surface area contributed by atoms with Crippen LogP contribution in [0.2, 0.25) is 0 Å². The van der Waals surface area contributed by atoms with E-state index >= 15 is 0 Å². The van der Waals surface area contributed by atoms with E-state index in [0.29, 0.717) is 17.5 Å². The van der Waals surface area contributed by atoms with Gasteiger partial charge < -0.3 is 9.47 Å². The smallest absolute Gasteiger partial charge is 0.161 e. The summed E-state index contributed by atoms with van der Waals surface area (Å²) in [6, 6.07) is 6.34. The average Bonchev–Trinajstić information content (AvgIpc) is 3.27. The van der Waals surface area contributed by atoms with Crippen LogP contribution in [0.15, 0.2) is 29.8 Å². The average molecular weight is 368 g/mol. The number of hydrogen-bond donors (Lipinski definition) is 0. The highest BCUT2D eigenvalue weighted by molar-refractivity contribution is 7.10. The quantitative estimate of drug-likeness (QED) is 0.649. The predicted octanol–water partition coefficient (Wildman–Crippen LogP) is 4.31. The lowest BCUT2D eigenvalue weighted by atomic mass is 9.93. The van der Waals surface area contributed by atoms with E-state index in [-0.39, 0.29) is 0 Å². The maximum absolute atomic E-state index is 5.37. The van der Waals surface area contributed by atoms with Crippen LogP contribution in [-0.4, -0.2) is 34.2 Å². The summed E-state index contributed by atoms with van der Waals surface area (Å²) in [5, 5.41) is 11.4. The Morgan fingerprint density at radius 1 is 1.15 bits per heavy atom. The minimum Gasteiger partial charge on any atom is -0.493 e. The number of hydrogen-bond acceptors (Lipinski definition) is 6. The van der Waals surface area contributed by atoms with Gasteiger partial charge >= 0.3 is 0 Å². The van der Waals surface area contributed by atoms with E-state index in [0.717, 1.165) is 22.0 Å². The molecule has 1 saturated carbocycles. The van der Waals surface area contributed by atoms with Gasteiger partial charge in [-0.3, -0.25) is 0 Å². The SMILES string of the molecule is COc1ccc(-c2csc(/C=C/c3cn(C4CCC4)nn3)n2)cc1OC. The number of thiazole rings is 1. The van der Waals surface area contributed by atoms with Gasteiger partial charge in [-0.25, -0.2) is 9.67 Å². The Morgan fingerprint density at radius 2 is 2.00 bits per heavy atom. The molecule has 0 N–H and O–H groups in total.